The molecule has 0 atom stereocenters. The van der Waals surface area contributed by atoms with E-state index in [0.717, 1.165) is 4.90 Å². The van der Waals surface area contributed by atoms with Gasteiger partial charge in [-0.2, -0.15) is 0 Å². The summed E-state index contributed by atoms with van der Waals surface area (Å²) in [6.07, 6.45) is 0. The molecule has 0 bridgehead atoms. The van der Waals surface area contributed by atoms with Crippen LogP contribution < -0.4 is 15.5 Å². The number of Topliss-reactive ketones (excluding diaryl/α,β-unsaturated/α-hetero) is 1. The second-order valence-corrected chi connectivity index (χ2v) is 7.76. The van der Waals surface area contributed by atoms with Crippen molar-refractivity contribution >= 4 is 46.5 Å². The van der Waals surface area contributed by atoms with Gasteiger partial charge in [0.25, 0.3) is 17.6 Å². The van der Waals surface area contributed by atoms with Crippen molar-refractivity contribution < 1.29 is 23.6 Å². The summed E-state index contributed by atoms with van der Waals surface area (Å²) in [5.41, 5.74) is 1.72. The molecule has 7 nitrogen and oxygen atoms in total. The summed E-state index contributed by atoms with van der Waals surface area (Å²) in [5.74, 6) is -2.89. The lowest BCUT2D eigenvalue weighted by Gasteiger charge is -2.16. The Hall–Kier alpha value is -4.04. The fraction of sp³-hybridized carbons (Fsp3) is 0.0833. The first kappa shape index (κ1) is 22.2. The van der Waals surface area contributed by atoms with E-state index < -0.39 is 23.5 Å². The van der Waals surface area contributed by atoms with E-state index in [0.29, 0.717) is 21.8 Å². The van der Waals surface area contributed by atoms with Crippen LogP contribution in [0.4, 0.5) is 15.8 Å². The number of anilines is 2. The summed E-state index contributed by atoms with van der Waals surface area (Å²) in [4.78, 5) is 50.8. The molecule has 3 aromatic carbocycles. The molecular weight excluding hydrogens is 449 g/mol. The number of rotatable bonds is 6. The fourth-order valence-corrected chi connectivity index (χ4v) is 3.56. The molecule has 0 aromatic heterocycles. The molecular formula is C24H17ClFN3O4. The number of benzene rings is 3. The molecule has 0 spiro atoms. The van der Waals surface area contributed by atoms with Crippen LogP contribution in [0.25, 0.3) is 0 Å². The van der Waals surface area contributed by atoms with Crippen molar-refractivity contribution in [3.63, 3.8) is 0 Å². The average molecular weight is 466 g/mol. The number of carbonyl (C=O) groups is 4. The van der Waals surface area contributed by atoms with Crippen LogP contribution in [0, 0.1) is 5.82 Å². The number of hydrogen-bond acceptors (Lipinski definition) is 4. The van der Waals surface area contributed by atoms with E-state index in [1.165, 1.54) is 48.5 Å². The lowest BCUT2D eigenvalue weighted by molar-refractivity contribution is -0.122. The van der Waals surface area contributed by atoms with Crippen LogP contribution in [0.5, 0.6) is 0 Å². The fourth-order valence-electron chi connectivity index (χ4n) is 3.37. The Kier molecular flexibility index (Phi) is 6.19. The maximum Gasteiger partial charge on any atom is 0.299 e. The third-order valence-corrected chi connectivity index (χ3v) is 5.26. The van der Waals surface area contributed by atoms with E-state index in [1.807, 2.05) is 0 Å². The van der Waals surface area contributed by atoms with Gasteiger partial charge in [-0.15, -0.1) is 0 Å². The van der Waals surface area contributed by atoms with E-state index >= 15 is 0 Å². The molecule has 0 saturated carbocycles. The molecule has 0 saturated heterocycles. The van der Waals surface area contributed by atoms with Gasteiger partial charge in [-0.05, 0) is 54.1 Å². The first-order valence-corrected chi connectivity index (χ1v) is 10.3. The van der Waals surface area contributed by atoms with Gasteiger partial charge in [-0.3, -0.25) is 24.1 Å². The maximum atomic E-state index is 13.0. The number of halogens is 2. The summed E-state index contributed by atoms with van der Waals surface area (Å²) in [5, 5.41) is 5.71. The molecule has 4 rings (SSSR count). The first-order chi connectivity index (χ1) is 15.8. The minimum Gasteiger partial charge on any atom is -0.350 e. The van der Waals surface area contributed by atoms with E-state index in [4.69, 9.17) is 11.6 Å². The van der Waals surface area contributed by atoms with Crippen molar-refractivity contribution in [1.29, 1.82) is 0 Å². The summed E-state index contributed by atoms with van der Waals surface area (Å²) in [7, 11) is 0. The lowest BCUT2D eigenvalue weighted by Crippen LogP contribution is -2.39. The molecule has 166 valence electrons. The van der Waals surface area contributed by atoms with Crippen LogP contribution in [0.2, 0.25) is 5.02 Å². The molecule has 3 aromatic rings. The molecule has 0 radical (unpaired) electrons. The quantitative estimate of drug-likeness (QED) is 0.544. The number of ketones is 1. The van der Waals surface area contributed by atoms with Gasteiger partial charge < -0.3 is 10.6 Å². The highest BCUT2D eigenvalue weighted by Crippen LogP contribution is 2.31. The number of hydrogen-bond donors (Lipinski definition) is 2. The third kappa shape index (κ3) is 4.91. The third-order valence-electron chi connectivity index (χ3n) is 5.02. The Labute approximate surface area is 193 Å². The molecule has 3 amide bonds. The number of fused-ring (bicyclic) bond motifs is 1. The van der Waals surface area contributed by atoms with Crippen LogP contribution in [0.3, 0.4) is 0 Å². The number of nitrogens with zero attached hydrogens (tertiary/aromatic N) is 1. The Balaban J connectivity index is 1.44. The van der Waals surface area contributed by atoms with Crippen LogP contribution >= 0.6 is 11.6 Å². The molecule has 1 aliphatic rings. The minimum absolute atomic E-state index is 0.0928. The molecule has 0 unspecified atom stereocenters. The predicted octanol–water partition coefficient (Wildman–Crippen LogP) is 3.58. The van der Waals surface area contributed by atoms with Gasteiger partial charge in [0.1, 0.15) is 12.4 Å². The molecule has 1 heterocycles. The minimum atomic E-state index is -0.833. The normalized spacial score (nSPS) is 12.5. The Morgan fingerprint density at radius 2 is 1.73 bits per heavy atom. The second-order valence-electron chi connectivity index (χ2n) is 7.32. The van der Waals surface area contributed by atoms with Gasteiger partial charge >= 0.3 is 0 Å². The standard InChI is InChI=1S/C24H17ClFN3O4/c25-16-3-1-2-15(10-16)23(32)28-18-8-9-20-19(11-18)22(31)24(33)29(20)13-21(30)27-12-14-4-6-17(26)7-5-14/h1-11H,12-13H2,(H,27,30)(H,28,32). The molecule has 2 N–H and O–H groups in total. The van der Waals surface area contributed by atoms with Gasteiger partial charge in [0.15, 0.2) is 0 Å². The molecule has 0 fully saturated rings. The van der Waals surface area contributed by atoms with Crippen LogP contribution in [-0.2, 0) is 16.1 Å². The summed E-state index contributed by atoms with van der Waals surface area (Å²) >= 11 is 5.91. The summed E-state index contributed by atoms with van der Waals surface area (Å²) in [6, 6.07) is 16.4. The first-order valence-electron chi connectivity index (χ1n) is 9.90. The topological polar surface area (TPSA) is 95.6 Å². The second kappa shape index (κ2) is 9.22. The van der Waals surface area contributed by atoms with Gasteiger partial charge in [-0.1, -0.05) is 29.8 Å². The highest BCUT2D eigenvalue weighted by atomic mass is 35.5. The van der Waals surface area contributed by atoms with Gasteiger partial charge in [-0.25, -0.2) is 4.39 Å². The predicted molar refractivity (Wildman–Crippen MR) is 121 cm³/mol. The van der Waals surface area contributed by atoms with Crippen LogP contribution in [-0.4, -0.2) is 30.0 Å². The van der Waals surface area contributed by atoms with E-state index in [2.05, 4.69) is 10.6 Å². The molecule has 1 aliphatic heterocycles. The average Bonchev–Trinajstić information content (AvgIpc) is 3.03. The Morgan fingerprint density at radius 1 is 0.970 bits per heavy atom. The monoisotopic (exact) mass is 465 g/mol. The smallest absolute Gasteiger partial charge is 0.299 e. The number of amides is 3. The van der Waals surface area contributed by atoms with Gasteiger partial charge in [0.05, 0.1) is 11.3 Å². The highest BCUT2D eigenvalue weighted by Gasteiger charge is 2.37. The maximum absolute atomic E-state index is 13.0. The zero-order valence-electron chi connectivity index (χ0n) is 17.1. The zero-order chi connectivity index (χ0) is 23.5. The van der Waals surface area contributed by atoms with Crippen molar-refractivity contribution in [3.05, 3.63) is 94.3 Å². The van der Waals surface area contributed by atoms with E-state index in [-0.39, 0.29) is 30.2 Å². The van der Waals surface area contributed by atoms with Crippen molar-refractivity contribution in [2.24, 2.45) is 0 Å². The largest absolute Gasteiger partial charge is 0.350 e. The van der Waals surface area contributed by atoms with Crippen molar-refractivity contribution in [1.82, 2.24) is 5.32 Å². The van der Waals surface area contributed by atoms with Crippen molar-refractivity contribution in [2.75, 3.05) is 16.8 Å². The highest BCUT2D eigenvalue weighted by molar-refractivity contribution is 6.52. The van der Waals surface area contributed by atoms with Crippen LogP contribution in [0.15, 0.2) is 66.7 Å². The van der Waals surface area contributed by atoms with E-state index in [9.17, 15) is 23.6 Å². The Bertz CT molecular complexity index is 1280. The SMILES string of the molecule is O=C(CN1C(=O)C(=O)c2cc(NC(=O)c3cccc(Cl)c3)ccc21)NCc1ccc(F)cc1. The molecule has 9 heteroatoms. The molecule has 33 heavy (non-hydrogen) atoms. The van der Waals surface area contributed by atoms with Gasteiger partial charge in [0.2, 0.25) is 5.91 Å². The summed E-state index contributed by atoms with van der Waals surface area (Å²) in [6.45, 7) is -0.205. The van der Waals surface area contributed by atoms with Crippen molar-refractivity contribution in [3.8, 4) is 0 Å². The van der Waals surface area contributed by atoms with E-state index in [1.54, 1.807) is 18.2 Å². The number of nitrogens with one attached hydrogen (secondary N) is 2. The lowest BCUT2D eigenvalue weighted by atomic mass is 10.1. The van der Waals surface area contributed by atoms with Crippen LogP contribution in [0.1, 0.15) is 26.3 Å². The Morgan fingerprint density at radius 3 is 2.45 bits per heavy atom. The zero-order valence-corrected chi connectivity index (χ0v) is 17.9. The molecule has 0 aliphatic carbocycles. The van der Waals surface area contributed by atoms with Crippen molar-refractivity contribution in [2.45, 2.75) is 6.54 Å². The summed E-state index contributed by atoms with van der Waals surface area (Å²) < 4.78 is 13.0. The number of carbonyl (C=O) groups excluding carboxylic acids is 4. The van der Waals surface area contributed by atoms with Gasteiger partial charge in [0, 0.05) is 22.8 Å².